The highest BCUT2D eigenvalue weighted by molar-refractivity contribution is 5.17. The summed E-state index contributed by atoms with van der Waals surface area (Å²) in [5.41, 5.74) is 0. The summed E-state index contributed by atoms with van der Waals surface area (Å²) in [5, 5.41) is 8.66. The summed E-state index contributed by atoms with van der Waals surface area (Å²) >= 11 is 0. The van der Waals surface area contributed by atoms with E-state index in [1.165, 1.54) is 6.42 Å². The van der Waals surface area contributed by atoms with Gasteiger partial charge in [-0.3, -0.25) is 0 Å². The molecule has 0 saturated heterocycles. The minimum Gasteiger partial charge on any atom is -0.466 e. The van der Waals surface area contributed by atoms with Crippen molar-refractivity contribution in [1.29, 1.82) is 0 Å². The molecule has 2 atom stereocenters. The Morgan fingerprint density at radius 2 is 2.31 bits per heavy atom. The van der Waals surface area contributed by atoms with E-state index < -0.39 is 0 Å². The Bertz CT molecular complexity index is 277. The van der Waals surface area contributed by atoms with Crippen LogP contribution in [0, 0.1) is 5.92 Å². The van der Waals surface area contributed by atoms with Crippen LogP contribution in [-0.4, -0.2) is 11.7 Å². The lowest BCUT2D eigenvalue weighted by atomic mass is 10.2. The number of hydrogen-bond acceptors (Lipinski definition) is 2. The predicted molar refractivity (Wildman–Crippen MR) is 50.6 cm³/mol. The van der Waals surface area contributed by atoms with Crippen LogP contribution in [0.15, 0.2) is 16.5 Å². The highest BCUT2D eigenvalue weighted by atomic mass is 16.3. The van der Waals surface area contributed by atoms with Crippen LogP contribution in [0.2, 0.25) is 0 Å². The van der Waals surface area contributed by atoms with Crippen molar-refractivity contribution in [3.63, 3.8) is 0 Å². The van der Waals surface area contributed by atoms with Gasteiger partial charge in [0.2, 0.25) is 0 Å². The molecule has 1 N–H and O–H groups in total. The quantitative estimate of drug-likeness (QED) is 0.771. The van der Waals surface area contributed by atoms with Gasteiger partial charge in [-0.15, -0.1) is 0 Å². The Kier molecular flexibility index (Phi) is 2.40. The zero-order chi connectivity index (χ0) is 9.26. The molecule has 1 aliphatic rings. The molecule has 1 saturated carbocycles. The minimum atomic E-state index is 0.246. The van der Waals surface area contributed by atoms with Crippen LogP contribution in [0.1, 0.15) is 37.2 Å². The molecule has 0 bridgehead atoms. The Morgan fingerprint density at radius 3 is 2.92 bits per heavy atom. The summed E-state index contributed by atoms with van der Waals surface area (Å²) in [7, 11) is 0. The molecule has 0 amide bonds. The van der Waals surface area contributed by atoms with E-state index in [1.54, 1.807) is 0 Å². The van der Waals surface area contributed by atoms with E-state index in [4.69, 9.17) is 9.52 Å². The third-order valence-corrected chi connectivity index (χ3v) is 2.74. The maximum Gasteiger partial charge on any atom is 0.107 e. The second-order valence-corrected chi connectivity index (χ2v) is 3.95. The number of aryl methyl sites for hydroxylation is 1. The first-order chi connectivity index (χ1) is 6.31. The normalized spacial score (nSPS) is 26.3. The third kappa shape index (κ3) is 1.94. The van der Waals surface area contributed by atoms with Crippen molar-refractivity contribution in [2.45, 2.75) is 32.1 Å². The first-order valence-corrected chi connectivity index (χ1v) is 5.00. The highest BCUT2D eigenvalue weighted by Crippen LogP contribution is 2.47. The fraction of sp³-hybridized carbons (Fsp3) is 0.636. The molecule has 1 aromatic heterocycles. The van der Waals surface area contributed by atoms with Crippen LogP contribution < -0.4 is 0 Å². The second-order valence-electron chi connectivity index (χ2n) is 3.95. The number of aliphatic hydroxyl groups excluding tert-OH is 1. The van der Waals surface area contributed by atoms with E-state index >= 15 is 0 Å². The molecule has 1 aromatic rings. The first kappa shape index (κ1) is 8.82. The Hall–Kier alpha value is -0.760. The molecule has 13 heavy (non-hydrogen) atoms. The lowest BCUT2D eigenvalue weighted by Crippen LogP contribution is -1.86. The van der Waals surface area contributed by atoms with Crippen molar-refractivity contribution in [3.8, 4) is 0 Å². The van der Waals surface area contributed by atoms with Crippen molar-refractivity contribution in [2.75, 3.05) is 6.61 Å². The van der Waals surface area contributed by atoms with Gasteiger partial charge in [-0.2, -0.15) is 0 Å². The van der Waals surface area contributed by atoms with Crippen molar-refractivity contribution in [3.05, 3.63) is 23.7 Å². The second kappa shape index (κ2) is 3.54. The zero-order valence-electron chi connectivity index (χ0n) is 7.99. The molecule has 2 nitrogen and oxygen atoms in total. The van der Waals surface area contributed by atoms with Crippen molar-refractivity contribution >= 4 is 0 Å². The smallest absolute Gasteiger partial charge is 0.107 e. The van der Waals surface area contributed by atoms with Crippen LogP contribution in [0.25, 0.3) is 0 Å². The summed E-state index contributed by atoms with van der Waals surface area (Å²) < 4.78 is 5.67. The monoisotopic (exact) mass is 180 g/mol. The fourth-order valence-corrected chi connectivity index (χ4v) is 1.70. The average Bonchev–Trinajstić information content (AvgIpc) is 2.67. The lowest BCUT2D eigenvalue weighted by molar-refractivity contribution is 0.283. The van der Waals surface area contributed by atoms with Gasteiger partial charge in [-0.25, -0.2) is 0 Å². The topological polar surface area (TPSA) is 33.4 Å². The van der Waals surface area contributed by atoms with Gasteiger partial charge in [-0.05, 0) is 30.9 Å². The lowest BCUT2D eigenvalue weighted by Gasteiger charge is -1.94. The van der Waals surface area contributed by atoms with E-state index in [9.17, 15) is 0 Å². The van der Waals surface area contributed by atoms with Gasteiger partial charge in [0.15, 0.2) is 0 Å². The van der Waals surface area contributed by atoms with Crippen molar-refractivity contribution in [1.82, 2.24) is 0 Å². The Morgan fingerprint density at radius 1 is 1.54 bits per heavy atom. The molecular weight excluding hydrogens is 164 g/mol. The molecule has 2 rings (SSSR count). The summed E-state index contributed by atoms with van der Waals surface area (Å²) in [5.74, 6) is 3.63. The molecule has 0 spiro atoms. The van der Waals surface area contributed by atoms with Gasteiger partial charge in [0.25, 0.3) is 0 Å². The fourth-order valence-electron chi connectivity index (χ4n) is 1.70. The number of furan rings is 1. The molecule has 2 unspecified atom stereocenters. The summed E-state index contributed by atoms with van der Waals surface area (Å²) in [4.78, 5) is 0. The predicted octanol–water partition coefficient (Wildman–Crippen LogP) is 2.33. The molecule has 0 radical (unpaired) electrons. The SMILES string of the molecule is CC1CC1c1ccc(CCCO)o1. The van der Waals surface area contributed by atoms with Gasteiger partial charge < -0.3 is 9.52 Å². The van der Waals surface area contributed by atoms with E-state index in [2.05, 4.69) is 13.0 Å². The van der Waals surface area contributed by atoms with Crippen LogP contribution >= 0.6 is 0 Å². The Balaban J connectivity index is 1.94. The number of aliphatic hydroxyl groups is 1. The van der Waals surface area contributed by atoms with E-state index in [1.807, 2.05) is 6.07 Å². The van der Waals surface area contributed by atoms with Gasteiger partial charge in [0.05, 0.1) is 0 Å². The summed E-state index contributed by atoms with van der Waals surface area (Å²) in [6.07, 6.45) is 2.93. The van der Waals surface area contributed by atoms with E-state index in [0.29, 0.717) is 5.92 Å². The van der Waals surface area contributed by atoms with Crippen molar-refractivity contribution in [2.24, 2.45) is 5.92 Å². The molecule has 1 heterocycles. The number of hydrogen-bond donors (Lipinski definition) is 1. The number of rotatable bonds is 4. The summed E-state index contributed by atoms with van der Waals surface area (Å²) in [6, 6.07) is 4.12. The minimum absolute atomic E-state index is 0.246. The van der Waals surface area contributed by atoms with Gasteiger partial charge >= 0.3 is 0 Å². The van der Waals surface area contributed by atoms with E-state index in [0.717, 1.165) is 30.3 Å². The average molecular weight is 180 g/mol. The largest absolute Gasteiger partial charge is 0.466 e. The maximum atomic E-state index is 8.66. The van der Waals surface area contributed by atoms with Crippen LogP contribution in [0.4, 0.5) is 0 Å². The van der Waals surface area contributed by atoms with Gasteiger partial charge in [0, 0.05) is 18.9 Å². The molecular formula is C11H16O2. The van der Waals surface area contributed by atoms with E-state index in [-0.39, 0.29) is 6.61 Å². The maximum absolute atomic E-state index is 8.66. The molecule has 1 fully saturated rings. The molecule has 0 aromatic carbocycles. The van der Waals surface area contributed by atoms with Gasteiger partial charge in [0.1, 0.15) is 11.5 Å². The Labute approximate surface area is 78.6 Å². The van der Waals surface area contributed by atoms with Crippen LogP contribution in [0.3, 0.4) is 0 Å². The highest BCUT2D eigenvalue weighted by Gasteiger charge is 2.36. The summed E-state index contributed by atoms with van der Waals surface area (Å²) in [6.45, 7) is 2.50. The molecule has 2 heteroatoms. The third-order valence-electron chi connectivity index (χ3n) is 2.74. The molecule has 0 aliphatic heterocycles. The van der Waals surface area contributed by atoms with Gasteiger partial charge in [-0.1, -0.05) is 6.92 Å². The molecule has 72 valence electrons. The van der Waals surface area contributed by atoms with Crippen LogP contribution in [0.5, 0.6) is 0 Å². The standard InChI is InChI=1S/C11H16O2/c1-8-7-10(8)11-5-4-9(13-11)3-2-6-12/h4-5,8,10,12H,2-3,6-7H2,1H3. The van der Waals surface area contributed by atoms with Crippen molar-refractivity contribution < 1.29 is 9.52 Å². The molecule has 1 aliphatic carbocycles. The first-order valence-electron chi connectivity index (χ1n) is 5.00. The van der Waals surface area contributed by atoms with Crippen LogP contribution in [-0.2, 0) is 6.42 Å². The zero-order valence-corrected chi connectivity index (χ0v) is 7.99.